The lowest BCUT2D eigenvalue weighted by Gasteiger charge is -2.30. The normalized spacial score (nSPS) is 12.7. The monoisotopic (exact) mass is 294 g/mol. The van der Waals surface area contributed by atoms with E-state index >= 15 is 0 Å². The fraction of sp³-hybridized carbons (Fsp3) is 0.667. The molecular weight excluding hydrogens is 268 g/mol. The third-order valence-corrected chi connectivity index (χ3v) is 2.98. The molecule has 1 heterocycles. The second kappa shape index (κ2) is 7.24. The van der Waals surface area contributed by atoms with E-state index in [-0.39, 0.29) is 12.1 Å². The van der Waals surface area contributed by atoms with E-state index in [0.717, 1.165) is 12.0 Å². The van der Waals surface area contributed by atoms with E-state index < -0.39 is 5.60 Å². The number of carbonyl (C=O) groups is 1. The molecule has 1 unspecified atom stereocenters. The van der Waals surface area contributed by atoms with Gasteiger partial charge in [-0.25, -0.2) is 14.8 Å². The Morgan fingerprint density at radius 2 is 1.95 bits per heavy atom. The summed E-state index contributed by atoms with van der Waals surface area (Å²) in [7, 11) is 1.75. The van der Waals surface area contributed by atoms with Crippen LogP contribution in [0.15, 0.2) is 12.4 Å². The number of anilines is 1. The van der Waals surface area contributed by atoms with Crippen LogP contribution in [0.2, 0.25) is 0 Å². The molecule has 6 heteroatoms. The molecule has 21 heavy (non-hydrogen) atoms. The molecule has 0 saturated carbocycles. The van der Waals surface area contributed by atoms with Crippen molar-refractivity contribution < 1.29 is 9.53 Å². The minimum Gasteiger partial charge on any atom is -0.444 e. The molecule has 0 spiro atoms. The second-order valence-electron chi connectivity index (χ2n) is 6.12. The highest BCUT2D eigenvalue weighted by atomic mass is 16.6. The van der Waals surface area contributed by atoms with Gasteiger partial charge in [0.2, 0.25) is 5.95 Å². The van der Waals surface area contributed by atoms with Crippen molar-refractivity contribution in [3.05, 3.63) is 18.0 Å². The minimum atomic E-state index is -0.489. The molecule has 1 amide bonds. The number of likely N-dealkylation sites (N-methyl/N-ethyl adjacent to an activating group) is 1. The summed E-state index contributed by atoms with van der Waals surface area (Å²) < 4.78 is 5.38. The summed E-state index contributed by atoms with van der Waals surface area (Å²) in [5.41, 5.74) is 0.524. The molecule has 0 aliphatic heterocycles. The van der Waals surface area contributed by atoms with E-state index in [1.165, 1.54) is 0 Å². The highest BCUT2D eigenvalue weighted by Crippen LogP contribution is 2.12. The van der Waals surface area contributed by atoms with Crippen LogP contribution >= 0.6 is 0 Å². The van der Waals surface area contributed by atoms with Gasteiger partial charge < -0.3 is 15.0 Å². The molecule has 0 aromatic carbocycles. The number of nitrogens with zero attached hydrogens (tertiary/aromatic N) is 3. The number of aromatic nitrogens is 2. The van der Waals surface area contributed by atoms with Crippen LogP contribution in [0, 0.1) is 6.92 Å². The highest BCUT2D eigenvalue weighted by molar-refractivity contribution is 5.68. The Bertz CT molecular complexity index is 454. The van der Waals surface area contributed by atoms with E-state index in [2.05, 4.69) is 15.3 Å². The first-order valence-corrected chi connectivity index (χ1v) is 7.21. The highest BCUT2D eigenvalue weighted by Gasteiger charge is 2.24. The molecule has 0 aliphatic carbocycles. The third kappa shape index (κ3) is 5.97. The lowest BCUT2D eigenvalue weighted by atomic mass is 10.2. The summed E-state index contributed by atoms with van der Waals surface area (Å²) >= 11 is 0. The van der Waals surface area contributed by atoms with Crippen LogP contribution in [0.5, 0.6) is 0 Å². The van der Waals surface area contributed by atoms with Crippen molar-refractivity contribution in [3.63, 3.8) is 0 Å². The number of ether oxygens (including phenoxy) is 1. The third-order valence-electron chi connectivity index (χ3n) is 2.98. The lowest BCUT2D eigenvalue weighted by Crippen LogP contribution is -2.43. The number of hydrogen-bond acceptors (Lipinski definition) is 5. The second-order valence-corrected chi connectivity index (χ2v) is 6.12. The van der Waals surface area contributed by atoms with Crippen LogP contribution in [-0.4, -0.2) is 46.2 Å². The van der Waals surface area contributed by atoms with Gasteiger partial charge in [-0.2, -0.15) is 0 Å². The lowest BCUT2D eigenvalue weighted by molar-refractivity contribution is 0.0228. The first kappa shape index (κ1) is 17.2. The summed E-state index contributed by atoms with van der Waals surface area (Å²) in [5.74, 6) is 0.566. The Kier molecular flexibility index (Phi) is 5.93. The van der Waals surface area contributed by atoms with Gasteiger partial charge in [0.1, 0.15) is 5.60 Å². The van der Waals surface area contributed by atoms with Gasteiger partial charge in [-0.1, -0.05) is 6.92 Å². The maximum atomic E-state index is 12.1. The van der Waals surface area contributed by atoms with Gasteiger partial charge in [0.15, 0.2) is 0 Å². The quantitative estimate of drug-likeness (QED) is 0.904. The Balaban J connectivity index is 2.57. The fourth-order valence-corrected chi connectivity index (χ4v) is 1.73. The van der Waals surface area contributed by atoms with E-state index in [9.17, 15) is 4.79 Å². The molecule has 0 aliphatic rings. The van der Waals surface area contributed by atoms with Gasteiger partial charge in [-0.05, 0) is 39.7 Å². The smallest absolute Gasteiger partial charge is 0.410 e. The Morgan fingerprint density at radius 1 is 1.38 bits per heavy atom. The number of nitrogens with one attached hydrogen (secondary N) is 1. The zero-order valence-corrected chi connectivity index (χ0v) is 13.8. The predicted octanol–water partition coefficient (Wildman–Crippen LogP) is 2.84. The summed E-state index contributed by atoms with van der Waals surface area (Å²) in [6, 6.07) is 0.0183. The van der Waals surface area contributed by atoms with Crippen molar-refractivity contribution in [2.75, 3.05) is 18.9 Å². The molecular formula is C15H26N4O2. The molecule has 1 atom stereocenters. The van der Waals surface area contributed by atoms with Gasteiger partial charge in [-0.15, -0.1) is 0 Å². The summed E-state index contributed by atoms with van der Waals surface area (Å²) in [5, 5.41) is 3.15. The van der Waals surface area contributed by atoms with Crippen molar-refractivity contribution in [3.8, 4) is 0 Å². The van der Waals surface area contributed by atoms with Gasteiger partial charge >= 0.3 is 6.09 Å². The number of aryl methyl sites for hydroxylation is 1. The maximum Gasteiger partial charge on any atom is 0.410 e. The van der Waals surface area contributed by atoms with Crippen molar-refractivity contribution in [2.24, 2.45) is 0 Å². The van der Waals surface area contributed by atoms with Crippen LogP contribution in [0.3, 0.4) is 0 Å². The van der Waals surface area contributed by atoms with Crippen LogP contribution < -0.4 is 5.32 Å². The molecule has 1 N–H and O–H groups in total. The Hall–Kier alpha value is -1.85. The minimum absolute atomic E-state index is 0.0183. The van der Waals surface area contributed by atoms with Gasteiger partial charge in [0, 0.05) is 26.0 Å². The van der Waals surface area contributed by atoms with Gasteiger partial charge in [0.25, 0.3) is 0 Å². The van der Waals surface area contributed by atoms with Crippen LogP contribution in [0.4, 0.5) is 10.7 Å². The van der Waals surface area contributed by atoms with Crippen molar-refractivity contribution >= 4 is 12.0 Å². The SMILES string of the molecule is CCC(CNc1ncc(C)cn1)N(C)C(=O)OC(C)(C)C. The van der Waals surface area contributed by atoms with E-state index in [1.807, 2.05) is 34.6 Å². The molecule has 1 aromatic heterocycles. The standard InChI is InChI=1S/C15H26N4O2/c1-7-12(19(6)14(20)21-15(3,4)5)10-18-13-16-8-11(2)9-17-13/h8-9,12H,7,10H2,1-6H3,(H,16,17,18). The Labute approximate surface area is 126 Å². The zero-order valence-electron chi connectivity index (χ0n) is 13.8. The summed E-state index contributed by atoms with van der Waals surface area (Å²) in [6.45, 7) is 10.1. The number of hydrogen-bond donors (Lipinski definition) is 1. The Morgan fingerprint density at radius 3 is 2.43 bits per heavy atom. The molecule has 1 rings (SSSR count). The molecule has 1 aromatic rings. The summed E-state index contributed by atoms with van der Waals surface area (Å²) in [4.78, 5) is 22.1. The van der Waals surface area contributed by atoms with Crippen molar-refractivity contribution in [1.82, 2.24) is 14.9 Å². The van der Waals surface area contributed by atoms with Crippen LogP contribution in [-0.2, 0) is 4.74 Å². The van der Waals surface area contributed by atoms with Crippen LogP contribution in [0.25, 0.3) is 0 Å². The van der Waals surface area contributed by atoms with Gasteiger partial charge in [0.05, 0.1) is 6.04 Å². The molecule has 118 valence electrons. The van der Waals surface area contributed by atoms with Crippen molar-refractivity contribution in [1.29, 1.82) is 0 Å². The first-order valence-electron chi connectivity index (χ1n) is 7.21. The maximum absolute atomic E-state index is 12.1. The van der Waals surface area contributed by atoms with E-state index in [1.54, 1.807) is 24.3 Å². The van der Waals surface area contributed by atoms with E-state index in [4.69, 9.17) is 4.74 Å². The van der Waals surface area contributed by atoms with E-state index in [0.29, 0.717) is 12.5 Å². The van der Waals surface area contributed by atoms with Crippen molar-refractivity contribution in [2.45, 2.75) is 52.7 Å². The molecule has 0 saturated heterocycles. The topological polar surface area (TPSA) is 67.4 Å². The zero-order chi connectivity index (χ0) is 16.0. The first-order chi connectivity index (χ1) is 9.73. The average Bonchev–Trinajstić information content (AvgIpc) is 2.39. The number of rotatable bonds is 5. The van der Waals surface area contributed by atoms with Crippen LogP contribution in [0.1, 0.15) is 39.7 Å². The summed E-state index contributed by atoms with van der Waals surface area (Å²) in [6.07, 6.45) is 4.01. The number of carbonyl (C=O) groups excluding carboxylic acids is 1. The molecule has 6 nitrogen and oxygen atoms in total. The number of amides is 1. The fourth-order valence-electron chi connectivity index (χ4n) is 1.73. The molecule has 0 fully saturated rings. The molecule has 0 radical (unpaired) electrons. The van der Waals surface area contributed by atoms with Gasteiger partial charge in [-0.3, -0.25) is 0 Å². The largest absolute Gasteiger partial charge is 0.444 e. The average molecular weight is 294 g/mol. The molecule has 0 bridgehead atoms. The predicted molar refractivity (Wildman–Crippen MR) is 83.3 cm³/mol.